The van der Waals surface area contributed by atoms with E-state index in [1.54, 1.807) is 42.1 Å². The third-order valence-electron chi connectivity index (χ3n) is 3.14. The number of nitrogens with one attached hydrogen (secondary N) is 1. The molecule has 0 aliphatic heterocycles. The number of carbonyl (C=O) groups is 1. The minimum atomic E-state index is -0.292. The molecular weight excluding hydrogens is 346 g/mol. The topological polar surface area (TPSA) is 68.0 Å². The van der Waals surface area contributed by atoms with Gasteiger partial charge in [-0.05, 0) is 48.2 Å². The number of carbonyl (C=O) groups excluding carboxylic acids is 1. The molecule has 0 bridgehead atoms. The minimum Gasteiger partial charge on any atom is -0.403 e. The normalized spacial score (nSPS) is 10.6. The molecule has 0 unspecified atom stereocenters. The second-order valence-electron chi connectivity index (χ2n) is 4.83. The Hall–Kier alpha value is -2.31. The van der Waals surface area contributed by atoms with Crippen LogP contribution in [0.3, 0.4) is 0 Å². The van der Waals surface area contributed by atoms with Gasteiger partial charge in [0.2, 0.25) is 5.89 Å². The van der Waals surface area contributed by atoms with E-state index in [0.29, 0.717) is 16.5 Å². The predicted octanol–water partition coefficient (Wildman–Crippen LogP) is 4.75. The molecule has 3 aromatic rings. The lowest BCUT2D eigenvalue weighted by Crippen LogP contribution is -2.12. The van der Waals surface area contributed by atoms with Crippen LogP contribution >= 0.6 is 23.4 Å². The summed E-state index contributed by atoms with van der Waals surface area (Å²) in [4.78, 5) is 13.3. The lowest BCUT2D eigenvalue weighted by atomic mass is 10.2. The molecule has 122 valence electrons. The van der Waals surface area contributed by atoms with Crippen molar-refractivity contribution < 1.29 is 9.21 Å². The molecule has 1 aromatic heterocycles. The third kappa shape index (κ3) is 3.96. The Balaban J connectivity index is 1.73. The van der Waals surface area contributed by atoms with Crippen LogP contribution in [0.1, 0.15) is 17.3 Å². The number of nitrogens with zero attached hydrogens (tertiary/aromatic N) is 2. The van der Waals surface area contributed by atoms with E-state index in [9.17, 15) is 4.79 Å². The first-order valence-corrected chi connectivity index (χ1v) is 8.65. The number of rotatable bonds is 5. The Morgan fingerprint density at radius 1 is 1.21 bits per heavy atom. The van der Waals surface area contributed by atoms with E-state index in [0.717, 1.165) is 16.2 Å². The Morgan fingerprint density at radius 2 is 2.00 bits per heavy atom. The molecule has 0 aliphatic rings. The molecule has 1 N–H and O–H groups in total. The summed E-state index contributed by atoms with van der Waals surface area (Å²) in [6.45, 7) is 2.06. The molecule has 24 heavy (non-hydrogen) atoms. The second kappa shape index (κ2) is 7.51. The summed E-state index contributed by atoms with van der Waals surface area (Å²) in [6.07, 6.45) is 0. The quantitative estimate of drug-likeness (QED) is 0.665. The summed E-state index contributed by atoms with van der Waals surface area (Å²) >= 11 is 7.52. The fraction of sp³-hybridized carbons (Fsp3) is 0.118. The second-order valence-corrected chi connectivity index (χ2v) is 6.61. The number of hydrogen-bond donors (Lipinski definition) is 1. The molecule has 0 saturated carbocycles. The highest BCUT2D eigenvalue weighted by Gasteiger charge is 2.13. The van der Waals surface area contributed by atoms with Gasteiger partial charge in [-0.1, -0.05) is 29.7 Å². The number of halogens is 1. The lowest BCUT2D eigenvalue weighted by Gasteiger charge is -2.03. The van der Waals surface area contributed by atoms with E-state index in [-0.39, 0.29) is 11.9 Å². The molecule has 0 saturated heterocycles. The average molecular weight is 360 g/mol. The molecule has 0 fully saturated rings. The fourth-order valence-electron chi connectivity index (χ4n) is 2.05. The van der Waals surface area contributed by atoms with Crippen molar-refractivity contribution in [3.63, 3.8) is 0 Å². The highest BCUT2D eigenvalue weighted by Crippen LogP contribution is 2.23. The Bertz CT molecular complexity index is 849. The van der Waals surface area contributed by atoms with Crippen molar-refractivity contribution in [1.29, 1.82) is 0 Å². The largest absolute Gasteiger partial charge is 0.403 e. The van der Waals surface area contributed by atoms with Crippen molar-refractivity contribution >= 4 is 35.3 Å². The summed E-state index contributed by atoms with van der Waals surface area (Å²) in [7, 11) is 0. The van der Waals surface area contributed by atoms with E-state index in [4.69, 9.17) is 16.0 Å². The van der Waals surface area contributed by atoms with Gasteiger partial charge in [0, 0.05) is 21.0 Å². The Labute approximate surface area is 148 Å². The molecule has 1 amide bonds. The molecule has 0 atom stereocenters. The zero-order valence-electron chi connectivity index (χ0n) is 12.8. The average Bonchev–Trinajstić information content (AvgIpc) is 3.04. The SMILES string of the molecule is CCSc1cccc(C(=O)Nc2nnc(-c3ccc(Cl)cc3)o2)c1. The van der Waals surface area contributed by atoms with Crippen molar-refractivity contribution in [2.24, 2.45) is 0 Å². The number of thioether (sulfide) groups is 1. The van der Waals surface area contributed by atoms with E-state index < -0.39 is 0 Å². The highest BCUT2D eigenvalue weighted by molar-refractivity contribution is 7.99. The number of amides is 1. The summed E-state index contributed by atoms with van der Waals surface area (Å²) in [5.74, 6) is 0.969. The predicted molar refractivity (Wildman–Crippen MR) is 95.5 cm³/mol. The first-order chi connectivity index (χ1) is 11.7. The van der Waals surface area contributed by atoms with E-state index in [1.807, 2.05) is 18.2 Å². The monoisotopic (exact) mass is 359 g/mol. The molecule has 2 aromatic carbocycles. The van der Waals surface area contributed by atoms with Gasteiger partial charge in [-0.3, -0.25) is 10.1 Å². The molecule has 1 heterocycles. The first-order valence-electron chi connectivity index (χ1n) is 7.29. The smallest absolute Gasteiger partial charge is 0.322 e. The van der Waals surface area contributed by atoms with Gasteiger partial charge >= 0.3 is 6.01 Å². The molecule has 0 radical (unpaired) electrons. The number of aromatic nitrogens is 2. The summed E-state index contributed by atoms with van der Waals surface area (Å²) in [5.41, 5.74) is 1.27. The van der Waals surface area contributed by atoms with Crippen LogP contribution < -0.4 is 5.32 Å². The summed E-state index contributed by atoms with van der Waals surface area (Å²) in [5, 5.41) is 11.0. The van der Waals surface area contributed by atoms with Gasteiger partial charge in [0.05, 0.1) is 0 Å². The maximum Gasteiger partial charge on any atom is 0.322 e. The van der Waals surface area contributed by atoms with Crippen molar-refractivity contribution in [3.8, 4) is 11.5 Å². The summed E-state index contributed by atoms with van der Waals surface area (Å²) in [6, 6.07) is 14.5. The van der Waals surface area contributed by atoms with Crippen molar-refractivity contribution in [2.45, 2.75) is 11.8 Å². The van der Waals surface area contributed by atoms with Crippen LogP contribution in [0.15, 0.2) is 57.8 Å². The van der Waals surface area contributed by atoms with E-state index in [2.05, 4.69) is 22.4 Å². The van der Waals surface area contributed by atoms with Gasteiger partial charge in [-0.15, -0.1) is 16.9 Å². The van der Waals surface area contributed by atoms with E-state index in [1.165, 1.54) is 0 Å². The maximum atomic E-state index is 12.3. The van der Waals surface area contributed by atoms with Crippen LogP contribution in [0.25, 0.3) is 11.5 Å². The van der Waals surface area contributed by atoms with Gasteiger partial charge in [0.1, 0.15) is 0 Å². The van der Waals surface area contributed by atoms with Crippen LogP contribution in [0.5, 0.6) is 0 Å². The van der Waals surface area contributed by atoms with Gasteiger partial charge in [0.25, 0.3) is 5.91 Å². The van der Waals surface area contributed by atoms with Crippen molar-refractivity contribution in [2.75, 3.05) is 11.1 Å². The molecule has 0 aliphatic carbocycles. The molecular formula is C17H14ClN3O2S. The van der Waals surface area contributed by atoms with Crippen LogP contribution in [0.2, 0.25) is 5.02 Å². The molecule has 7 heteroatoms. The van der Waals surface area contributed by atoms with Gasteiger partial charge in [-0.2, -0.15) is 0 Å². The Morgan fingerprint density at radius 3 is 2.75 bits per heavy atom. The molecule has 5 nitrogen and oxygen atoms in total. The van der Waals surface area contributed by atoms with Crippen LogP contribution in [-0.4, -0.2) is 21.9 Å². The van der Waals surface area contributed by atoms with Crippen LogP contribution in [-0.2, 0) is 0 Å². The zero-order chi connectivity index (χ0) is 16.9. The van der Waals surface area contributed by atoms with Gasteiger partial charge in [0.15, 0.2) is 0 Å². The zero-order valence-corrected chi connectivity index (χ0v) is 14.4. The molecule has 0 spiro atoms. The third-order valence-corrected chi connectivity index (χ3v) is 4.27. The lowest BCUT2D eigenvalue weighted by molar-refractivity contribution is 0.102. The fourth-order valence-corrected chi connectivity index (χ4v) is 2.89. The standard InChI is InChI=1S/C17H14ClN3O2S/c1-2-24-14-5-3-4-12(10-14)15(22)19-17-21-20-16(23-17)11-6-8-13(18)9-7-11/h3-10H,2H2,1H3,(H,19,21,22). The van der Waals surface area contributed by atoms with Gasteiger partial charge < -0.3 is 4.42 Å². The van der Waals surface area contributed by atoms with Crippen molar-refractivity contribution in [3.05, 3.63) is 59.1 Å². The number of benzene rings is 2. The number of hydrogen-bond acceptors (Lipinski definition) is 5. The number of anilines is 1. The Kier molecular flexibility index (Phi) is 5.17. The highest BCUT2D eigenvalue weighted by atomic mass is 35.5. The van der Waals surface area contributed by atoms with E-state index >= 15 is 0 Å². The van der Waals surface area contributed by atoms with Crippen molar-refractivity contribution in [1.82, 2.24) is 10.2 Å². The first kappa shape index (κ1) is 16.5. The minimum absolute atomic E-state index is 0.0542. The summed E-state index contributed by atoms with van der Waals surface area (Å²) < 4.78 is 5.48. The molecule has 3 rings (SSSR count). The maximum absolute atomic E-state index is 12.3. The van der Waals surface area contributed by atoms with Crippen LogP contribution in [0, 0.1) is 0 Å². The van der Waals surface area contributed by atoms with Gasteiger partial charge in [-0.25, -0.2) is 0 Å². The van der Waals surface area contributed by atoms with Crippen LogP contribution in [0.4, 0.5) is 6.01 Å².